The van der Waals surface area contributed by atoms with Gasteiger partial charge in [-0.2, -0.15) is 0 Å². The second kappa shape index (κ2) is 12.0. The van der Waals surface area contributed by atoms with E-state index in [1.54, 1.807) is 0 Å². The van der Waals surface area contributed by atoms with Gasteiger partial charge in [0.1, 0.15) is 11.2 Å². The number of fused-ring (bicyclic) bond motifs is 5. The molecule has 0 unspecified atom stereocenters. The van der Waals surface area contributed by atoms with E-state index in [4.69, 9.17) is 4.42 Å². The van der Waals surface area contributed by atoms with Crippen molar-refractivity contribution in [1.82, 2.24) is 4.98 Å². The van der Waals surface area contributed by atoms with Gasteiger partial charge in [-0.25, -0.2) is 0 Å². The first-order valence-corrected chi connectivity index (χ1v) is 17.4. The van der Waals surface area contributed by atoms with E-state index in [-0.39, 0.29) is 0 Å². The van der Waals surface area contributed by atoms with Crippen molar-refractivity contribution in [3.05, 3.63) is 188 Å². The molecule has 0 bridgehead atoms. The van der Waals surface area contributed by atoms with Crippen LogP contribution in [0.25, 0.3) is 99.1 Å². The smallest absolute Gasteiger partial charge is 0.135 e. The van der Waals surface area contributed by atoms with Crippen molar-refractivity contribution < 1.29 is 4.42 Å². The first-order valence-electron chi connectivity index (χ1n) is 17.4. The zero-order chi connectivity index (χ0) is 33.7. The summed E-state index contributed by atoms with van der Waals surface area (Å²) < 4.78 is 6.27. The number of pyridine rings is 1. The third-order valence-electron chi connectivity index (χ3n) is 10.2. The molecule has 0 aliphatic rings. The Labute approximate surface area is 295 Å². The molecule has 0 N–H and O–H groups in total. The van der Waals surface area contributed by atoms with E-state index in [2.05, 4.69) is 169 Å². The SMILES string of the molecule is c1ccc(-c2cccc(-c3cccc(-c4ccc5oc6ccccc6c5c4)c3-c3c4ccccc4c(-c4ccncc4)c4ccccc34)c2)cc1. The maximum atomic E-state index is 6.27. The number of nitrogens with zero attached hydrogens (tertiary/aromatic N) is 1. The molecule has 10 rings (SSSR count). The van der Waals surface area contributed by atoms with Crippen LogP contribution in [0.3, 0.4) is 0 Å². The van der Waals surface area contributed by atoms with Gasteiger partial charge in [0.15, 0.2) is 0 Å². The molecule has 0 saturated carbocycles. The third kappa shape index (κ3) is 4.84. The number of benzene rings is 8. The lowest BCUT2D eigenvalue weighted by Crippen LogP contribution is -1.95. The number of rotatable bonds is 5. The van der Waals surface area contributed by atoms with Crippen LogP contribution in [0.4, 0.5) is 0 Å². The average molecular weight is 650 g/mol. The van der Waals surface area contributed by atoms with E-state index in [1.165, 1.54) is 66.1 Å². The van der Waals surface area contributed by atoms with Crippen LogP contribution in [0.15, 0.2) is 193 Å². The number of hydrogen-bond acceptors (Lipinski definition) is 2. The minimum atomic E-state index is 0.894. The van der Waals surface area contributed by atoms with Gasteiger partial charge in [-0.05, 0) is 114 Å². The lowest BCUT2D eigenvalue weighted by Gasteiger charge is -2.22. The summed E-state index contributed by atoms with van der Waals surface area (Å²) >= 11 is 0. The Morgan fingerprint density at radius 1 is 0.294 bits per heavy atom. The molecule has 0 aliphatic carbocycles. The fourth-order valence-electron chi connectivity index (χ4n) is 7.92. The third-order valence-corrected chi connectivity index (χ3v) is 10.2. The molecule has 0 saturated heterocycles. The largest absolute Gasteiger partial charge is 0.456 e. The van der Waals surface area contributed by atoms with E-state index in [0.29, 0.717) is 0 Å². The number of para-hydroxylation sites is 1. The van der Waals surface area contributed by atoms with E-state index >= 15 is 0 Å². The van der Waals surface area contributed by atoms with Gasteiger partial charge in [-0.3, -0.25) is 4.98 Å². The fraction of sp³-hybridized carbons (Fsp3) is 0. The Morgan fingerprint density at radius 3 is 1.53 bits per heavy atom. The quantitative estimate of drug-likeness (QED) is 0.173. The second-order valence-corrected chi connectivity index (χ2v) is 13.1. The minimum Gasteiger partial charge on any atom is -0.456 e. The van der Waals surface area contributed by atoms with Crippen molar-refractivity contribution >= 4 is 43.5 Å². The topological polar surface area (TPSA) is 26.0 Å². The van der Waals surface area contributed by atoms with Gasteiger partial charge >= 0.3 is 0 Å². The molecule has 0 amide bonds. The summed E-state index contributed by atoms with van der Waals surface area (Å²) in [7, 11) is 0. The summed E-state index contributed by atoms with van der Waals surface area (Å²) in [5.41, 5.74) is 13.7. The molecule has 0 spiro atoms. The summed E-state index contributed by atoms with van der Waals surface area (Å²) in [5.74, 6) is 0. The van der Waals surface area contributed by atoms with Crippen molar-refractivity contribution in [2.24, 2.45) is 0 Å². The molecule has 238 valence electrons. The molecule has 2 aromatic heterocycles. The molecular weight excluding hydrogens is 619 g/mol. The van der Waals surface area contributed by atoms with Gasteiger partial charge in [0, 0.05) is 23.2 Å². The van der Waals surface area contributed by atoms with Crippen molar-refractivity contribution in [3.63, 3.8) is 0 Å². The molecular formula is C49H31NO. The van der Waals surface area contributed by atoms with Gasteiger partial charge in [-0.1, -0.05) is 140 Å². The van der Waals surface area contributed by atoms with Crippen molar-refractivity contribution in [1.29, 1.82) is 0 Å². The maximum Gasteiger partial charge on any atom is 0.135 e. The fourth-order valence-corrected chi connectivity index (χ4v) is 7.92. The average Bonchev–Trinajstić information content (AvgIpc) is 3.58. The predicted octanol–water partition coefficient (Wildman–Crippen LogP) is 13.6. The van der Waals surface area contributed by atoms with E-state index in [0.717, 1.165) is 33.1 Å². The molecule has 10 aromatic rings. The first-order chi connectivity index (χ1) is 25.3. The molecule has 2 heteroatoms. The van der Waals surface area contributed by atoms with Crippen LogP contribution >= 0.6 is 0 Å². The van der Waals surface area contributed by atoms with Crippen LogP contribution in [-0.2, 0) is 0 Å². The van der Waals surface area contributed by atoms with Gasteiger partial charge in [-0.15, -0.1) is 0 Å². The molecule has 0 atom stereocenters. The molecule has 0 fully saturated rings. The summed E-state index contributed by atoms with van der Waals surface area (Å²) in [6.07, 6.45) is 3.77. The maximum absolute atomic E-state index is 6.27. The Morgan fingerprint density at radius 2 is 0.824 bits per heavy atom. The Balaban J connectivity index is 1.34. The molecule has 2 nitrogen and oxygen atoms in total. The van der Waals surface area contributed by atoms with Crippen LogP contribution in [0.2, 0.25) is 0 Å². The monoisotopic (exact) mass is 649 g/mol. The summed E-state index contributed by atoms with van der Waals surface area (Å²) in [6, 6.07) is 63.3. The molecule has 8 aromatic carbocycles. The van der Waals surface area contributed by atoms with Gasteiger partial charge < -0.3 is 4.42 Å². The highest BCUT2D eigenvalue weighted by Crippen LogP contribution is 2.49. The lowest BCUT2D eigenvalue weighted by molar-refractivity contribution is 0.669. The summed E-state index contributed by atoms with van der Waals surface area (Å²) in [6.45, 7) is 0. The standard InChI is InChI=1S/C49H31NO/c1-2-12-32(13-3-1)34-14-10-15-35(30-34)37-21-11-22-38(36-24-25-46-44(31-36)39-16-8-9-23-45(39)51-46)48(37)49-42-19-6-4-17-40(42)47(33-26-28-50-29-27-33)41-18-5-7-20-43(41)49/h1-31H. The van der Waals surface area contributed by atoms with E-state index in [1.807, 2.05) is 24.5 Å². The zero-order valence-corrected chi connectivity index (χ0v) is 27.8. The summed E-state index contributed by atoms with van der Waals surface area (Å²) in [5, 5.41) is 7.10. The highest BCUT2D eigenvalue weighted by Gasteiger charge is 2.22. The minimum absolute atomic E-state index is 0.894. The Bertz CT molecular complexity index is 2850. The molecule has 0 aliphatic heterocycles. The van der Waals surface area contributed by atoms with Gasteiger partial charge in [0.05, 0.1) is 0 Å². The van der Waals surface area contributed by atoms with Gasteiger partial charge in [0.25, 0.3) is 0 Å². The highest BCUT2D eigenvalue weighted by molar-refractivity contribution is 6.24. The zero-order valence-electron chi connectivity index (χ0n) is 27.8. The molecule has 51 heavy (non-hydrogen) atoms. The Kier molecular flexibility index (Phi) is 6.85. The molecule has 0 radical (unpaired) electrons. The lowest BCUT2D eigenvalue weighted by atomic mass is 9.80. The molecule has 2 heterocycles. The van der Waals surface area contributed by atoms with Gasteiger partial charge in [0.2, 0.25) is 0 Å². The van der Waals surface area contributed by atoms with Crippen LogP contribution in [0.5, 0.6) is 0 Å². The predicted molar refractivity (Wildman–Crippen MR) is 214 cm³/mol. The van der Waals surface area contributed by atoms with Crippen LogP contribution in [-0.4, -0.2) is 4.98 Å². The van der Waals surface area contributed by atoms with E-state index < -0.39 is 0 Å². The first kappa shape index (κ1) is 29.2. The number of hydrogen-bond donors (Lipinski definition) is 0. The van der Waals surface area contributed by atoms with E-state index in [9.17, 15) is 0 Å². The van der Waals surface area contributed by atoms with Crippen molar-refractivity contribution in [3.8, 4) is 55.6 Å². The second-order valence-electron chi connectivity index (χ2n) is 13.1. The summed E-state index contributed by atoms with van der Waals surface area (Å²) in [4.78, 5) is 4.35. The number of aromatic nitrogens is 1. The van der Waals surface area contributed by atoms with Crippen LogP contribution < -0.4 is 0 Å². The van der Waals surface area contributed by atoms with Crippen molar-refractivity contribution in [2.45, 2.75) is 0 Å². The van der Waals surface area contributed by atoms with Crippen LogP contribution in [0, 0.1) is 0 Å². The Hall–Kier alpha value is -6.77. The number of furan rings is 1. The highest BCUT2D eigenvalue weighted by atomic mass is 16.3. The van der Waals surface area contributed by atoms with Crippen molar-refractivity contribution in [2.75, 3.05) is 0 Å². The normalized spacial score (nSPS) is 11.5. The van der Waals surface area contributed by atoms with Crippen LogP contribution in [0.1, 0.15) is 0 Å².